The van der Waals surface area contributed by atoms with Gasteiger partial charge in [-0.15, -0.1) is 0 Å². The average Bonchev–Trinajstić information content (AvgIpc) is 2.74. The number of carbonyl (C=O) groups excluding carboxylic acids is 2. The molecule has 0 atom stereocenters. The molecule has 0 aliphatic rings. The van der Waals surface area contributed by atoms with Gasteiger partial charge in [-0.05, 0) is 48.4 Å². The normalized spacial score (nSPS) is 9.97. The minimum absolute atomic E-state index is 0.216. The molecule has 2 aromatic rings. The maximum Gasteiger partial charge on any atom is 0.250 e. The van der Waals surface area contributed by atoms with Crippen LogP contribution in [0, 0.1) is 11.3 Å². The third-order valence-corrected chi connectivity index (χ3v) is 3.95. The molecule has 0 saturated heterocycles. The summed E-state index contributed by atoms with van der Waals surface area (Å²) in [5.41, 5.74) is 2.05. The van der Waals surface area contributed by atoms with Crippen LogP contribution in [0.2, 0.25) is 0 Å². The topological polar surface area (TPSA) is 110 Å². The summed E-state index contributed by atoms with van der Waals surface area (Å²) in [4.78, 5) is 23.6. The van der Waals surface area contributed by atoms with E-state index in [1.165, 1.54) is 0 Å². The van der Waals surface area contributed by atoms with E-state index in [0.29, 0.717) is 35.7 Å². The van der Waals surface area contributed by atoms with Gasteiger partial charge >= 0.3 is 0 Å². The molecule has 0 aliphatic heterocycles. The van der Waals surface area contributed by atoms with Crippen molar-refractivity contribution in [1.29, 1.82) is 5.26 Å². The molecule has 0 aromatic heterocycles. The predicted octanol–water partition coefficient (Wildman–Crippen LogP) is 1.89. The molecule has 0 radical (unpaired) electrons. The number of ether oxygens (including phenoxy) is 3. The van der Waals surface area contributed by atoms with E-state index in [2.05, 4.69) is 10.6 Å². The lowest BCUT2D eigenvalue weighted by molar-refractivity contribution is -0.128. The number of nitrogens with zero attached hydrogens (tertiary/aromatic N) is 1. The molecule has 2 aromatic carbocycles. The van der Waals surface area contributed by atoms with E-state index < -0.39 is 0 Å². The highest BCUT2D eigenvalue weighted by atomic mass is 16.5. The summed E-state index contributed by atoms with van der Waals surface area (Å²) in [7, 11) is 3.14. The Kier molecular flexibility index (Phi) is 8.48. The molecular weight excluding hydrogens is 374 g/mol. The molecule has 2 rings (SSSR count). The van der Waals surface area contributed by atoms with Crippen molar-refractivity contribution < 1.29 is 23.8 Å². The maximum absolute atomic E-state index is 11.8. The number of hydrogen-bond acceptors (Lipinski definition) is 6. The molecular formula is C21H23N3O5. The van der Waals surface area contributed by atoms with Crippen LogP contribution in [-0.4, -0.2) is 45.8 Å². The molecule has 29 heavy (non-hydrogen) atoms. The minimum atomic E-state index is -0.382. The zero-order valence-electron chi connectivity index (χ0n) is 16.4. The monoisotopic (exact) mass is 397 g/mol. The first-order valence-electron chi connectivity index (χ1n) is 8.91. The Balaban J connectivity index is 1.65. The van der Waals surface area contributed by atoms with Crippen LogP contribution in [0.5, 0.6) is 11.5 Å². The Bertz CT molecular complexity index is 875. The highest BCUT2D eigenvalue weighted by Gasteiger charge is 2.07. The maximum atomic E-state index is 11.8. The highest BCUT2D eigenvalue weighted by Crippen LogP contribution is 2.27. The van der Waals surface area contributed by atoms with Gasteiger partial charge in [0.2, 0.25) is 11.8 Å². The van der Waals surface area contributed by atoms with E-state index in [0.717, 1.165) is 5.56 Å². The number of nitriles is 1. The lowest BCUT2D eigenvalue weighted by Crippen LogP contribution is -2.31. The molecule has 2 amide bonds. The Morgan fingerprint density at radius 3 is 2.31 bits per heavy atom. The van der Waals surface area contributed by atoms with Crippen LogP contribution in [0.25, 0.3) is 0 Å². The summed E-state index contributed by atoms with van der Waals surface area (Å²) in [5, 5.41) is 14.1. The molecule has 0 unspecified atom stereocenters. The minimum Gasteiger partial charge on any atom is -0.493 e. The number of carbonyl (C=O) groups is 2. The molecule has 0 saturated carbocycles. The van der Waals surface area contributed by atoms with Crippen molar-refractivity contribution in [3.8, 4) is 17.6 Å². The van der Waals surface area contributed by atoms with Crippen LogP contribution < -0.4 is 20.1 Å². The van der Waals surface area contributed by atoms with Crippen LogP contribution in [0.15, 0.2) is 42.5 Å². The number of anilines is 1. The molecule has 8 nitrogen and oxygen atoms in total. The summed E-state index contributed by atoms with van der Waals surface area (Å²) in [6, 6.07) is 14.0. The van der Waals surface area contributed by atoms with Gasteiger partial charge in [-0.2, -0.15) is 5.26 Å². The fourth-order valence-electron chi connectivity index (χ4n) is 2.50. The standard InChI is InChI=1S/C21H23N3O5/c1-27-18-8-5-15(11-19(18)28-2)9-10-23-20(25)13-29-14-21(26)24-17-6-3-16(12-22)4-7-17/h3-8,11H,9-10,13-14H2,1-2H3,(H,23,25)(H,24,26). The second kappa shape index (κ2) is 11.3. The van der Waals surface area contributed by atoms with Crippen molar-refractivity contribution in [1.82, 2.24) is 5.32 Å². The second-order valence-corrected chi connectivity index (χ2v) is 6.02. The van der Waals surface area contributed by atoms with Crippen molar-refractivity contribution in [2.24, 2.45) is 0 Å². The number of amides is 2. The van der Waals surface area contributed by atoms with Crippen molar-refractivity contribution in [3.05, 3.63) is 53.6 Å². The highest BCUT2D eigenvalue weighted by molar-refractivity contribution is 5.91. The first-order valence-corrected chi connectivity index (χ1v) is 8.91. The van der Waals surface area contributed by atoms with Gasteiger partial charge in [0.15, 0.2) is 11.5 Å². The Hall–Kier alpha value is -3.57. The number of nitrogens with one attached hydrogen (secondary N) is 2. The first-order chi connectivity index (χ1) is 14.0. The predicted molar refractivity (Wildman–Crippen MR) is 107 cm³/mol. The number of hydrogen-bond donors (Lipinski definition) is 2. The van der Waals surface area contributed by atoms with E-state index in [-0.39, 0.29) is 25.0 Å². The fraction of sp³-hybridized carbons (Fsp3) is 0.286. The van der Waals surface area contributed by atoms with Crippen molar-refractivity contribution in [2.45, 2.75) is 6.42 Å². The SMILES string of the molecule is COc1ccc(CCNC(=O)COCC(=O)Nc2ccc(C#N)cc2)cc1OC. The van der Waals surface area contributed by atoms with Gasteiger partial charge in [-0.25, -0.2) is 0 Å². The summed E-state index contributed by atoms with van der Waals surface area (Å²) >= 11 is 0. The van der Waals surface area contributed by atoms with E-state index in [9.17, 15) is 9.59 Å². The summed E-state index contributed by atoms with van der Waals surface area (Å²) in [5.74, 6) is 0.588. The first kappa shape index (κ1) is 21.7. The van der Waals surface area contributed by atoms with Crippen LogP contribution in [0.3, 0.4) is 0 Å². The van der Waals surface area contributed by atoms with Gasteiger partial charge in [-0.3, -0.25) is 9.59 Å². The van der Waals surface area contributed by atoms with Gasteiger partial charge in [0.25, 0.3) is 0 Å². The Morgan fingerprint density at radius 2 is 1.66 bits per heavy atom. The molecule has 2 N–H and O–H groups in total. The van der Waals surface area contributed by atoms with Crippen LogP contribution in [0.4, 0.5) is 5.69 Å². The van der Waals surface area contributed by atoms with Crippen molar-refractivity contribution in [2.75, 3.05) is 39.3 Å². The second-order valence-electron chi connectivity index (χ2n) is 6.02. The third kappa shape index (κ3) is 7.16. The molecule has 8 heteroatoms. The summed E-state index contributed by atoms with van der Waals surface area (Å²) in [6.45, 7) is -0.0368. The molecule has 0 aliphatic carbocycles. The lowest BCUT2D eigenvalue weighted by Gasteiger charge is -2.10. The van der Waals surface area contributed by atoms with E-state index in [1.807, 2.05) is 24.3 Å². The van der Waals surface area contributed by atoms with Gasteiger partial charge in [0, 0.05) is 12.2 Å². The summed E-state index contributed by atoms with van der Waals surface area (Å²) in [6.07, 6.45) is 0.616. The Morgan fingerprint density at radius 1 is 0.966 bits per heavy atom. The van der Waals surface area contributed by atoms with Crippen LogP contribution >= 0.6 is 0 Å². The summed E-state index contributed by atoms with van der Waals surface area (Å²) < 4.78 is 15.6. The van der Waals surface area contributed by atoms with E-state index in [4.69, 9.17) is 19.5 Å². The molecule has 0 spiro atoms. The largest absolute Gasteiger partial charge is 0.493 e. The smallest absolute Gasteiger partial charge is 0.250 e. The molecule has 152 valence electrons. The van der Waals surface area contributed by atoms with Gasteiger partial charge < -0.3 is 24.8 Å². The quantitative estimate of drug-likeness (QED) is 0.634. The zero-order chi connectivity index (χ0) is 21.1. The van der Waals surface area contributed by atoms with Crippen LogP contribution in [0.1, 0.15) is 11.1 Å². The molecule has 0 bridgehead atoms. The lowest BCUT2D eigenvalue weighted by atomic mass is 10.1. The van der Waals surface area contributed by atoms with Crippen LogP contribution in [-0.2, 0) is 20.7 Å². The molecule has 0 fully saturated rings. The third-order valence-electron chi connectivity index (χ3n) is 3.95. The average molecular weight is 397 g/mol. The van der Waals surface area contributed by atoms with Crippen molar-refractivity contribution >= 4 is 17.5 Å². The Labute approximate surface area is 169 Å². The van der Waals surface area contributed by atoms with Gasteiger partial charge in [0.05, 0.1) is 25.9 Å². The van der Waals surface area contributed by atoms with E-state index >= 15 is 0 Å². The number of methoxy groups -OCH3 is 2. The van der Waals surface area contributed by atoms with Crippen molar-refractivity contribution in [3.63, 3.8) is 0 Å². The number of benzene rings is 2. The van der Waals surface area contributed by atoms with Gasteiger partial charge in [-0.1, -0.05) is 6.07 Å². The fourth-order valence-corrected chi connectivity index (χ4v) is 2.50. The molecule has 0 heterocycles. The van der Waals surface area contributed by atoms with E-state index in [1.54, 1.807) is 38.5 Å². The zero-order valence-corrected chi connectivity index (χ0v) is 16.4. The van der Waals surface area contributed by atoms with Gasteiger partial charge in [0.1, 0.15) is 13.2 Å². The number of rotatable bonds is 10.